The summed E-state index contributed by atoms with van der Waals surface area (Å²) in [6.45, 7) is 9.08. The number of piperidine rings is 1. The first kappa shape index (κ1) is 47.0. The number of anilines is 1. The molecule has 0 radical (unpaired) electrons. The lowest BCUT2D eigenvalue weighted by molar-refractivity contribution is -0.228. The molecule has 1 amide bonds. The average Bonchev–Trinajstić information content (AvgIpc) is 4.03. The Bertz CT molecular complexity index is 2760. The number of carbonyl (C=O) groups excluding carboxylic acids is 4. The van der Waals surface area contributed by atoms with Crippen LogP contribution in [-0.2, 0) is 52.4 Å². The fourth-order valence-electron chi connectivity index (χ4n) is 14.8. The van der Waals surface area contributed by atoms with Gasteiger partial charge in [-0.05, 0) is 91.9 Å². The molecule has 2 bridgehead atoms. The highest BCUT2D eigenvalue weighted by atomic mass is 16.6. The van der Waals surface area contributed by atoms with Crippen LogP contribution in [0.15, 0.2) is 72.8 Å². The number of rotatable bonds is 10. The number of benzene rings is 3. The first-order valence-electron chi connectivity index (χ1n) is 24.5. The van der Waals surface area contributed by atoms with Gasteiger partial charge in [0.15, 0.2) is 6.10 Å². The highest BCUT2D eigenvalue weighted by molar-refractivity contribution is 5.96. The zero-order valence-corrected chi connectivity index (χ0v) is 40.9. The van der Waals surface area contributed by atoms with Gasteiger partial charge in [0.2, 0.25) is 5.60 Å². The lowest BCUT2D eigenvalue weighted by Crippen LogP contribution is -2.81. The molecule has 3 fully saturated rings. The largest absolute Gasteiger partial charge is 0.496 e. The number of para-hydroxylation sites is 1. The van der Waals surface area contributed by atoms with Gasteiger partial charge in [0.1, 0.15) is 11.2 Å². The van der Waals surface area contributed by atoms with Crippen molar-refractivity contribution >= 4 is 40.4 Å². The molecule has 15 nitrogen and oxygen atoms in total. The van der Waals surface area contributed by atoms with Crippen molar-refractivity contribution in [1.29, 1.82) is 0 Å². The predicted molar refractivity (Wildman–Crippen MR) is 260 cm³/mol. The van der Waals surface area contributed by atoms with Crippen LogP contribution in [0.2, 0.25) is 0 Å². The maximum absolute atomic E-state index is 15.7. The summed E-state index contributed by atoms with van der Waals surface area (Å²) in [7, 11) is 6.16. The fourth-order valence-corrected chi connectivity index (χ4v) is 14.8. The Kier molecular flexibility index (Phi) is 11.6. The summed E-state index contributed by atoms with van der Waals surface area (Å²) < 4.78 is 24.3. The van der Waals surface area contributed by atoms with Gasteiger partial charge in [-0.25, -0.2) is 4.79 Å². The van der Waals surface area contributed by atoms with Crippen LogP contribution in [-0.4, -0.2) is 134 Å². The number of methoxy groups -OCH3 is 3. The molecule has 6 aliphatic rings. The molecule has 366 valence electrons. The van der Waals surface area contributed by atoms with Crippen LogP contribution in [0, 0.1) is 11.3 Å². The maximum Gasteiger partial charge on any atom is 0.344 e. The van der Waals surface area contributed by atoms with Crippen molar-refractivity contribution in [2.45, 2.75) is 106 Å². The number of hydrogen-bond acceptors (Lipinski definition) is 13. The van der Waals surface area contributed by atoms with Crippen molar-refractivity contribution in [2.24, 2.45) is 17.1 Å². The molecule has 15 heteroatoms. The smallest absolute Gasteiger partial charge is 0.344 e. The number of nitrogens with two attached hydrogens (primary N) is 1. The first-order valence-corrected chi connectivity index (χ1v) is 24.5. The standard InChI is InChI=1S/C54H66N6O9/c1-8-50(57-44(62)35-17-15-33(29-55)16-18-35)27-34-28-53(48(63)67-6,43-37(19-23-59(30-34)31-50)36-13-10-11-14-40(36)56-43)39-25-38-41(26-42(39)66-5)58(4)46-52(38)21-24-60-22-12-20-51(9-2,45(52)60)47(69-32(3)61)54(46,65)49(64)68-7/h10-18,20,25-26,34,45-47,56,65H,8-9,19,21-24,27-31,55H2,1-7H3,(H,57,62)/t34-,45+,46-,47-,50+,51-,52-,53+,54+/m1/s1. The third-order valence-electron chi connectivity index (χ3n) is 17.5. The van der Waals surface area contributed by atoms with Crippen LogP contribution in [0.5, 0.6) is 5.75 Å². The van der Waals surface area contributed by atoms with E-state index in [-0.39, 0.29) is 17.9 Å². The Labute approximate surface area is 403 Å². The summed E-state index contributed by atoms with van der Waals surface area (Å²) in [6, 6.07) is 18.3. The molecule has 10 atom stereocenters. The Morgan fingerprint density at radius 2 is 1.68 bits per heavy atom. The van der Waals surface area contributed by atoms with E-state index in [1.165, 1.54) is 21.1 Å². The van der Waals surface area contributed by atoms with E-state index in [9.17, 15) is 19.5 Å². The quantitative estimate of drug-likeness (QED) is 0.0958. The third kappa shape index (κ3) is 6.59. The van der Waals surface area contributed by atoms with Gasteiger partial charge in [-0.15, -0.1) is 0 Å². The van der Waals surface area contributed by atoms with Crippen LogP contribution in [0.3, 0.4) is 0 Å². The number of nitrogens with zero attached hydrogens (tertiary/aromatic N) is 3. The molecule has 69 heavy (non-hydrogen) atoms. The van der Waals surface area contributed by atoms with Gasteiger partial charge in [0, 0.05) is 103 Å². The van der Waals surface area contributed by atoms with Crippen LogP contribution >= 0.6 is 0 Å². The van der Waals surface area contributed by atoms with E-state index in [4.69, 9.17) is 24.7 Å². The van der Waals surface area contributed by atoms with Crippen LogP contribution in [0.25, 0.3) is 10.9 Å². The summed E-state index contributed by atoms with van der Waals surface area (Å²) >= 11 is 0. The number of amides is 1. The Morgan fingerprint density at radius 3 is 2.36 bits per heavy atom. The Morgan fingerprint density at radius 1 is 0.928 bits per heavy atom. The van der Waals surface area contributed by atoms with E-state index in [0.717, 1.165) is 39.0 Å². The van der Waals surface area contributed by atoms with Crippen molar-refractivity contribution < 1.29 is 43.2 Å². The molecule has 4 aromatic rings. The summed E-state index contributed by atoms with van der Waals surface area (Å²) in [5.41, 5.74) is 5.79. The minimum Gasteiger partial charge on any atom is -0.496 e. The molecule has 1 unspecified atom stereocenters. The minimum atomic E-state index is -2.33. The van der Waals surface area contributed by atoms with Crippen LogP contribution < -0.4 is 20.7 Å². The molecule has 6 heterocycles. The minimum absolute atomic E-state index is 0.136. The molecule has 1 aromatic heterocycles. The summed E-state index contributed by atoms with van der Waals surface area (Å²) in [6.07, 6.45) is 5.97. The molecule has 5 aliphatic heterocycles. The normalized spacial score (nSPS) is 33.2. The SMILES string of the molecule is CC[C@]1(NC(=O)c2ccc(CN)cc2)C[C@H]2CN(CCc3c([nH]c4ccccc34)[C@@](C(=O)OC)(c3cc4c(cc3OC)N(C)[C@H]3[C@@](O)(C(=O)OC)[C@H](OC(C)=O)[C@]5(CC)C=CCN6CC[C@]43[C@@H]65)C2)C1. The number of esters is 3. The number of aromatic amines is 1. The number of fused-ring (bicyclic) bond motifs is 6. The number of aromatic nitrogens is 1. The van der Waals surface area contributed by atoms with Gasteiger partial charge in [-0.3, -0.25) is 19.3 Å². The second-order valence-corrected chi connectivity index (χ2v) is 20.6. The summed E-state index contributed by atoms with van der Waals surface area (Å²) in [5, 5.41) is 18.0. The van der Waals surface area contributed by atoms with Gasteiger partial charge in [0.05, 0.1) is 32.9 Å². The number of likely N-dealkylation sites (N-methyl/N-ethyl adjacent to an activating group) is 1. The molecule has 10 rings (SSSR count). The first-order chi connectivity index (χ1) is 33.1. The number of nitrogens with one attached hydrogen (secondary N) is 2. The van der Waals surface area contributed by atoms with E-state index >= 15 is 4.79 Å². The maximum atomic E-state index is 15.7. The number of ether oxygens (including phenoxy) is 4. The zero-order valence-electron chi connectivity index (χ0n) is 40.9. The Hall–Kier alpha value is -5.74. The molecule has 1 saturated carbocycles. The average molecular weight is 943 g/mol. The van der Waals surface area contributed by atoms with Gasteiger partial charge in [0.25, 0.3) is 5.91 Å². The molecule has 3 aromatic carbocycles. The second-order valence-electron chi connectivity index (χ2n) is 20.6. The monoisotopic (exact) mass is 942 g/mol. The number of hydrogen-bond donors (Lipinski definition) is 4. The van der Waals surface area contributed by atoms with Crippen molar-refractivity contribution in [1.82, 2.24) is 20.1 Å². The fraction of sp³-hybridized carbons (Fsp3) is 0.519. The number of aliphatic hydroxyl groups is 1. The van der Waals surface area contributed by atoms with E-state index in [1.807, 2.05) is 67.4 Å². The molecule has 1 spiro atoms. The van der Waals surface area contributed by atoms with Crippen molar-refractivity contribution in [3.63, 3.8) is 0 Å². The van der Waals surface area contributed by atoms with Gasteiger partial charge < -0.3 is 49.9 Å². The Balaban J connectivity index is 1.21. The predicted octanol–water partition coefficient (Wildman–Crippen LogP) is 4.89. The highest BCUT2D eigenvalue weighted by Crippen LogP contribution is 2.68. The molecule has 1 aliphatic carbocycles. The zero-order chi connectivity index (χ0) is 48.8. The van der Waals surface area contributed by atoms with Crippen molar-refractivity contribution in [3.05, 3.63) is 106 Å². The summed E-state index contributed by atoms with van der Waals surface area (Å²) in [5.74, 6) is -1.82. The summed E-state index contributed by atoms with van der Waals surface area (Å²) in [4.78, 5) is 68.2. The molecular formula is C54H66N6O9. The van der Waals surface area contributed by atoms with Gasteiger partial charge >= 0.3 is 17.9 Å². The highest BCUT2D eigenvalue weighted by Gasteiger charge is 2.80. The molecule has 2 saturated heterocycles. The van der Waals surface area contributed by atoms with Crippen LogP contribution in [0.1, 0.15) is 91.2 Å². The number of H-pyrrole nitrogens is 1. The third-order valence-corrected chi connectivity index (χ3v) is 17.5. The van der Waals surface area contributed by atoms with Crippen LogP contribution in [0.4, 0.5) is 5.69 Å². The topological polar surface area (TPSA) is 189 Å². The van der Waals surface area contributed by atoms with Crippen molar-refractivity contribution in [3.8, 4) is 5.75 Å². The van der Waals surface area contributed by atoms with Gasteiger partial charge in [-0.1, -0.05) is 56.3 Å². The van der Waals surface area contributed by atoms with E-state index in [1.54, 1.807) is 7.11 Å². The lowest BCUT2D eigenvalue weighted by Gasteiger charge is -2.63. The van der Waals surface area contributed by atoms with E-state index < -0.39 is 57.4 Å². The molecule has 5 N–H and O–H groups in total. The number of carbonyl (C=O) groups is 4. The van der Waals surface area contributed by atoms with E-state index in [2.05, 4.69) is 51.3 Å². The molecular weight excluding hydrogens is 877 g/mol. The van der Waals surface area contributed by atoms with Crippen molar-refractivity contribution in [2.75, 3.05) is 66.0 Å². The van der Waals surface area contributed by atoms with E-state index in [0.29, 0.717) is 94.7 Å². The second kappa shape index (κ2) is 17.0. The van der Waals surface area contributed by atoms with Gasteiger partial charge in [-0.2, -0.15) is 0 Å². The lowest BCUT2D eigenvalue weighted by atomic mass is 9.47.